The van der Waals surface area contributed by atoms with Crippen LogP contribution in [0.25, 0.3) is 0 Å². The first kappa shape index (κ1) is 13.8. The van der Waals surface area contributed by atoms with Gasteiger partial charge in [0.15, 0.2) is 0 Å². The third kappa shape index (κ3) is 2.32. The third-order valence-electron chi connectivity index (χ3n) is 4.67. The van der Waals surface area contributed by atoms with Crippen LogP contribution in [0.4, 0.5) is 11.4 Å². The van der Waals surface area contributed by atoms with Gasteiger partial charge in [-0.05, 0) is 31.2 Å². The third-order valence-corrected chi connectivity index (χ3v) is 4.67. The van der Waals surface area contributed by atoms with Gasteiger partial charge >= 0.3 is 5.69 Å². The van der Waals surface area contributed by atoms with E-state index in [0.29, 0.717) is 18.0 Å². The summed E-state index contributed by atoms with van der Waals surface area (Å²) in [5.41, 5.74) is 5.95. The van der Waals surface area contributed by atoms with Gasteiger partial charge in [-0.2, -0.15) is 0 Å². The molecule has 1 aromatic rings. The molecular formula is C14H18N4O3. The van der Waals surface area contributed by atoms with E-state index in [1.165, 1.54) is 12.4 Å². The molecule has 1 aliphatic heterocycles. The van der Waals surface area contributed by atoms with Crippen molar-refractivity contribution in [1.29, 1.82) is 0 Å². The number of anilines is 1. The minimum atomic E-state index is -0.459. The van der Waals surface area contributed by atoms with Gasteiger partial charge < -0.3 is 10.6 Å². The molecular weight excluding hydrogens is 272 g/mol. The molecule has 0 radical (unpaired) electrons. The number of fused-ring (bicyclic) bond motifs is 1. The second-order valence-electron chi connectivity index (χ2n) is 5.79. The molecule has 21 heavy (non-hydrogen) atoms. The monoisotopic (exact) mass is 290 g/mol. The maximum Gasteiger partial charge on any atom is 0.310 e. The van der Waals surface area contributed by atoms with Crippen LogP contribution < -0.4 is 10.6 Å². The Morgan fingerprint density at radius 2 is 2.19 bits per heavy atom. The predicted molar refractivity (Wildman–Crippen MR) is 76.7 cm³/mol. The summed E-state index contributed by atoms with van der Waals surface area (Å²) in [7, 11) is 0. The number of hydrogen-bond acceptors (Lipinski definition) is 5. The van der Waals surface area contributed by atoms with E-state index in [2.05, 4.69) is 4.98 Å². The molecule has 1 aromatic heterocycles. The fourth-order valence-corrected chi connectivity index (χ4v) is 3.80. The highest BCUT2D eigenvalue weighted by atomic mass is 16.6. The molecule has 2 fully saturated rings. The molecule has 2 aliphatic rings. The molecule has 3 atom stereocenters. The Balaban J connectivity index is 2.04. The molecule has 3 rings (SSSR count). The lowest BCUT2D eigenvalue weighted by atomic mass is 9.84. The van der Waals surface area contributed by atoms with Gasteiger partial charge in [0, 0.05) is 12.2 Å². The minimum absolute atomic E-state index is 0.0602. The Morgan fingerprint density at radius 3 is 2.90 bits per heavy atom. The average Bonchev–Trinajstić information content (AvgIpc) is 2.86. The summed E-state index contributed by atoms with van der Waals surface area (Å²) in [5, 5.41) is 11.2. The largest absolute Gasteiger partial charge is 0.368 e. The number of primary amides is 1. The predicted octanol–water partition coefficient (Wildman–Crippen LogP) is 1.61. The van der Waals surface area contributed by atoms with E-state index in [1.54, 1.807) is 6.07 Å². The normalized spacial score (nSPS) is 28.2. The lowest BCUT2D eigenvalue weighted by molar-refractivity contribution is -0.384. The quantitative estimate of drug-likeness (QED) is 0.673. The van der Waals surface area contributed by atoms with Gasteiger partial charge in [-0.25, -0.2) is 0 Å². The number of nitrogens with two attached hydrogens (primary N) is 1. The highest BCUT2D eigenvalue weighted by molar-refractivity contribution is 5.86. The van der Waals surface area contributed by atoms with Gasteiger partial charge in [0.2, 0.25) is 5.91 Å². The second kappa shape index (κ2) is 5.31. The van der Waals surface area contributed by atoms with E-state index in [-0.39, 0.29) is 11.7 Å². The maximum absolute atomic E-state index is 11.8. The number of pyridine rings is 1. The van der Waals surface area contributed by atoms with Crippen molar-refractivity contribution in [3.8, 4) is 0 Å². The van der Waals surface area contributed by atoms with Crippen molar-refractivity contribution in [2.24, 2.45) is 11.7 Å². The van der Waals surface area contributed by atoms with Gasteiger partial charge in [0.25, 0.3) is 0 Å². The highest BCUT2D eigenvalue weighted by Crippen LogP contribution is 2.44. The van der Waals surface area contributed by atoms with Crippen molar-refractivity contribution < 1.29 is 9.72 Å². The molecule has 0 spiro atoms. The second-order valence-corrected chi connectivity index (χ2v) is 5.79. The van der Waals surface area contributed by atoms with Crippen molar-refractivity contribution in [2.75, 3.05) is 4.90 Å². The molecule has 1 saturated carbocycles. The van der Waals surface area contributed by atoms with E-state index in [1.807, 2.05) is 4.90 Å². The van der Waals surface area contributed by atoms with Crippen LogP contribution in [0.5, 0.6) is 0 Å². The number of nitrogens with zero attached hydrogens (tertiary/aromatic N) is 3. The molecule has 112 valence electrons. The fourth-order valence-electron chi connectivity index (χ4n) is 3.80. The molecule has 0 bridgehead atoms. The zero-order chi connectivity index (χ0) is 15.0. The van der Waals surface area contributed by atoms with Gasteiger partial charge in [-0.1, -0.05) is 12.8 Å². The Labute approximate surface area is 122 Å². The van der Waals surface area contributed by atoms with Crippen molar-refractivity contribution in [2.45, 2.75) is 44.2 Å². The first-order chi connectivity index (χ1) is 10.1. The van der Waals surface area contributed by atoms with Gasteiger partial charge in [-0.15, -0.1) is 0 Å². The number of aromatic nitrogens is 1. The number of carbonyl (C=O) groups is 1. The molecule has 0 unspecified atom stereocenters. The van der Waals surface area contributed by atoms with Crippen LogP contribution in [0.3, 0.4) is 0 Å². The molecule has 2 heterocycles. The molecule has 2 N–H and O–H groups in total. The topological polar surface area (TPSA) is 102 Å². The van der Waals surface area contributed by atoms with Crippen LogP contribution in [0.2, 0.25) is 0 Å². The van der Waals surface area contributed by atoms with Gasteiger partial charge in [-0.3, -0.25) is 19.9 Å². The van der Waals surface area contributed by atoms with Crippen LogP contribution in [0, 0.1) is 16.0 Å². The SMILES string of the molecule is NC(=O)[C@@H]1C[C@H]2CCCC[C@@H]2N1c1ccncc1[N+](=O)[O-]. The van der Waals surface area contributed by atoms with Crippen LogP contribution >= 0.6 is 0 Å². The summed E-state index contributed by atoms with van der Waals surface area (Å²) in [6.07, 6.45) is 7.71. The summed E-state index contributed by atoms with van der Waals surface area (Å²) in [4.78, 5) is 28.3. The summed E-state index contributed by atoms with van der Waals surface area (Å²) in [6.45, 7) is 0. The first-order valence-electron chi connectivity index (χ1n) is 7.25. The van der Waals surface area contributed by atoms with Crippen LogP contribution in [-0.2, 0) is 4.79 Å². The summed E-state index contributed by atoms with van der Waals surface area (Å²) < 4.78 is 0. The molecule has 0 aromatic carbocycles. The van der Waals surface area contributed by atoms with Gasteiger partial charge in [0.05, 0.1) is 4.92 Å². The molecule has 1 amide bonds. The van der Waals surface area contributed by atoms with Crippen LogP contribution in [-0.4, -0.2) is 27.9 Å². The van der Waals surface area contributed by atoms with E-state index >= 15 is 0 Å². The average molecular weight is 290 g/mol. The fraction of sp³-hybridized carbons (Fsp3) is 0.571. The number of carbonyl (C=O) groups excluding carboxylic acids is 1. The Kier molecular flexibility index (Phi) is 3.48. The summed E-state index contributed by atoms with van der Waals surface area (Å²) in [6, 6.07) is 1.32. The van der Waals surface area contributed by atoms with Crippen molar-refractivity contribution in [3.63, 3.8) is 0 Å². The van der Waals surface area contributed by atoms with Crippen LogP contribution in [0.15, 0.2) is 18.5 Å². The maximum atomic E-state index is 11.8. The van der Waals surface area contributed by atoms with E-state index < -0.39 is 16.9 Å². The Morgan fingerprint density at radius 1 is 1.43 bits per heavy atom. The van der Waals surface area contributed by atoms with Crippen molar-refractivity contribution in [3.05, 3.63) is 28.6 Å². The van der Waals surface area contributed by atoms with Crippen molar-refractivity contribution in [1.82, 2.24) is 4.98 Å². The molecule has 7 nitrogen and oxygen atoms in total. The van der Waals surface area contributed by atoms with Gasteiger partial charge in [0.1, 0.15) is 17.9 Å². The molecule has 1 saturated heterocycles. The highest BCUT2D eigenvalue weighted by Gasteiger charge is 2.46. The smallest absolute Gasteiger partial charge is 0.310 e. The van der Waals surface area contributed by atoms with Crippen LogP contribution in [0.1, 0.15) is 32.1 Å². The number of rotatable bonds is 3. The standard InChI is InChI=1S/C14H18N4O3/c15-14(19)12-7-9-3-1-2-4-10(9)17(12)11-5-6-16-8-13(11)18(20)21/h5-6,8-10,12H,1-4,7H2,(H2,15,19)/t9-,10+,12+/m1/s1. The van der Waals surface area contributed by atoms with E-state index in [4.69, 9.17) is 5.73 Å². The van der Waals surface area contributed by atoms with Crippen molar-refractivity contribution >= 4 is 17.3 Å². The number of nitro groups is 1. The van der Waals surface area contributed by atoms with E-state index in [9.17, 15) is 14.9 Å². The number of amides is 1. The Bertz CT molecular complexity index is 577. The minimum Gasteiger partial charge on any atom is -0.368 e. The summed E-state index contributed by atoms with van der Waals surface area (Å²) >= 11 is 0. The summed E-state index contributed by atoms with van der Waals surface area (Å²) in [5.74, 6) is -0.0143. The first-order valence-corrected chi connectivity index (χ1v) is 7.25. The van der Waals surface area contributed by atoms with E-state index in [0.717, 1.165) is 25.7 Å². The lowest BCUT2D eigenvalue weighted by Crippen LogP contribution is -2.45. The molecule has 1 aliphatic carbocycles. The molecule has 7 heteroatoms. The zero-order valence-electron chi connectivity index (χ0n) is 11.6. The Hall–Kier alpha value is -2.18. The lowest BCUT2D eigenvalue weighted by Gasteiger charge is -2.34. The zero-order valence-corrected chi connectivity index (χ0v) is 11.6. The number of hydrogen-bond donors (Lipinski definition) is 1.